The summed E-state index contributed by atoms with van der Waals surface area (Å²) in [7, 11) is 0. The van der Waals surface area contributed by atoms with Gasteiger partial charge in [0.05, 0.1) is 0 Å². The maximum Gasteiger partial charge on any atom is 0.316 e. The molecule has 0 spiro atoms. The molecule has 0 aromatic heterocycles. The zero-order valence-corrected chi connectivity index (χ0v) is 15.3. The van der Waals surface area contributed by atoms with Crippen LogP contribution < -0.4 is 5.32 Å². The molecule has 2 saturated carbocycles. The Balaban J connectivity index is 0.00000182. The predicted octanol–water partition coefficient (Wildman–Crippen LogP) is 3.71. The van der Waals surface area contributed by atoms with Crippen LogP contribution in [-0.4, -0.2) is 29.3 Å². The van der Waals surface area contributed by atoms with Gasteiger partial charge in [0.15, 0.2) is 0 Å². The molecule has 1 N–H and O–H groups in total. The first kappa shape index (κ1) is 18.5. The van der Waals surface area contributed by atoms with Crippen LogP contribution in [-0.2, 0) is 9.59 Å². The number of rotatable bonds is 1. The second kappa shape index (κ2) is 7.92. The summed E-state index contributed by atoms with van der Waals surface area (Å²) in [5, 5.41) is 3.11. The van der Waals surface area contributed by atoms with Crippen LogP contribution in [0.2, 0.25) is 0 Å². The molecule has 0 aromatic rings. The topological polar surface area (TPSA) is 49.4 Å². The van der Waals surface area contributed by atoms with Gasteiger partial charge in [0, 0.05) is 18.3 Å². The lowest BCUT2D eigenvalue weighted by atomic mass is 9.70. The SMILES string of the molecule is O=C(NC1CCC2CCCC1C2)C(=O)N1CCCC2CCCC=C21.[CH2]. The lowest BCUT2D eigenvalue weighted by Crippen LogP contribution is -2.52. The molecule has 2 amide bonds. The van der Waals surface area contributed by atoms with E-state index in [4.69, 9.17) is 0 Å². The number of hydrogen-bond acceptors (Lipinski definition) is 2. The molecule has 3 aliphatic carbocycles. The predicted molar refractivity (Wildman–Crippen MR) is 98.3 cm³/mol. The molecule has 4 unspecified atom stereocenters. The van der Waals surface area contributed by atoms with Crippen molar-refractivity contribution in [1.82, 2.24) is 10.2 Å². The van der Waals surface area contributed by atoms with Gasteiger partial charge < -0.3 is 10.2 Å². The first-order chi connectivity index (χ1) is 11.7. The van der Waals surface area contributed by atoms with Gasteiger partial charge in [-0.25, -0.2) is 0 Å². The molecule has 1 saturated heterocycles. The van der Waals surface area contributed by atoms with Crippen LogP contribution in [0.15, 0.2) is 11.8 Å². The zero-order chi connectivity index (χ0) is 16.5. The van der Waals surface area contributed by atoms with Gasteiger partial charge >= 0.3 is 11.8 Å². The monoisotopic (exact) mass is 344 g/mol. The summed E-state index contributed by atoms with van der Waals surface area (Å²) in [5.74, 6) is 1.28. The molecule has 1 aliphatic heterocycles. The van der Waals surface area contributed by atoms with Crippen molar-refractivity contribution in [3.05, 3.63) is 19.2 Å². The van der Waals surface area contributed by atoms with Crippen LogP contribution in [0.1, 0.15) is 70.6 Å². The first-order valence-electron chi connectivity index (χ1n) is 10.0. The van der Waals surface area contributed by atoms with Crippen LogP contribution in [0.25, 0.3) is 0 Å². The van der Waals surface area contributed by atoms with E-state index >= 15 is 0 Å². The molecule has 3 fully saturated rings. The minimum atomic E-state index is -0.365. The van der Waals surface area contributed by atoms with Crippen LogP contribution in [0, 0.1) is 25.2 Å². The Hall–Kier alpha value is -1.32. The van der Waals surface area contributed by atoms with Gasteiger partial charge in [-0.1, -0.05) is 26.3 Å². The molecule has 4 heteroatoms. The standard InChI is InChI=1S/C20H30N2O2.CH2/c23-19(21-17-11-10-14-5-3-7-16(17)13-14)20(24)22-12-4-8-15-6-1-2-9-18(15)22;/h9,14-17H,1-8,10-13H2,(H,21,23);1H2. The molecule has 2 radical (unpaired) electrons. The molecule has 4 nitrogen and oxygen atoms in total. The number of fused-ring (bicyclic) bond motifs is 3. The Kier molecular flexibility index (Phi) is 5.85. The Morgan fingerprint density at radius 1 is 1.00 bits per heavy atom. The van der Waals surface area contributed by atoms with Crippen molar-refractivity contribution >= 4 is 11.8 Å². The highest BCUT2D eigenvalue weighted by molar-refractivity contribution is 6.35. The minimum absolute atomic E-state index is 0. The fourth-order valence-corrected chi connectivity index (χ4v) is 5.55. The molecule has 0 aromatic carbocycles. The number of nitrogens with zero attached hydrogens (tertiary/aromatic N) is 1. The average molecular weight is 344 g/mol. The average Bonchev–Trinajstić information content (AvgIpc) is 2.63. The third-order valence-corrected chi connectivity index (χ3v) is 6.81. The number of hydrogen-bond donors (Lipinski definition) is 1. The van der Waals surface area contributed by atoms with E-state index in [1.54, 1.807) is 4.90 Å². The largest absolute Gasteiger partial charge is 0.345 e. The summed E-state index contributed by atoms with van der Waals surface area (Å²) in [6, 6.07) is 0.221. The number of carbonyl (C=O) groups excluding carboxylic acids is 2. The minimum Gasteiger partial charge on any atom is -0.345 e. The van der Waals surface area contributed by atoms with Crippen molar-refractivity contribution in [2.75, 3.05) is 6.54 Å². The summed E-state index contributed by atoms with van der Waals surface area (Å²) < 4.78 is 0. The van der Waals surface area contributed by atoms with Crippen LogP contribution >= 0.6 is 0 Å². The Morgan fingerprint density at radius 2 is 1.84 bits per heavy atom. The first-order valence-corrected chi connectivity index (χ1v) is 10.0. The number of carbonyl (C=O) groups is 2. The molecule has 2 bridgehead atoms. The van der Waals surface area contributed by atoms with E-state index in [0.29, 0.717) is 18.4 Å². The highest BCUT2D eigenvalue weighted by atomic mass is 16.2. The maximum atomic E-state index is 12.8. The number of amides is 2. The second-order valence-corrected chi connectivity index (χ2v) is 8.31. The van der Waals surface area contributed by atoms with Crippen molar-refractivity contribution in [3.63, 3.8) is 0 Å². The van der Waals surface area contributed by atoms with Crippen molar-refractivity contribution < 1.29 is 9.59 Å². The number of likely N-dealkylation sites (tertiary alicyclic amines) is 1. The molecule has 25 heavy (non-hydrogen) atoms. The van der Waals surface area contributed by atoms with Crippen molar-refractivity contribution in [1.29, 1.82) is 0 Å². The summed E-state index contributed by atoms with van der Waals surface area (Å²) in [4.78, 5) is 27.2. The lowest BCUT2D eigenvalue weighted by Gasteiger charge is -2.41. The molecule has 4 rings (SSSR count). The van der Waals surface area contributed by atoms with Gasteiger partial charge in [-0.15, -0.1) is 0 Å². The fourth-order valence-electron chi connectivity index (χ4n) is 5.55. The van der Waals surface area contributed by atoms with Gasteiger partial charge in [-0.3, -0.25) is 9.59 Å². The third-order valence-electron chi connectivity index (χ3n) is 6.81. The van der Waals surface area contributed by atoms with E-state index in [2.05, 4.69) is 11.4 Å². The van der Waals surface area contributed by atoms with Gasteiger partial charge in [-0.05, 0) is 75.5 Å². The second-order valence-electron chi connectivity index (χ2n) is 8.31. The van der Waals surface area contributed by atoms with Crippen molar-refractivity contribution in [2.24, 2.45) is 17.8 Å². The number of allylic oxidation sites excluding steroid dienone is 2. The van der Waals surface area contributed by atoms with Crippen LogP contribution in [0.3, 0.4) is 0 Å². The summed E-state index contributed by atoms with van der Waals surface area (Å²) >= 11 is 0. The van der Waals surface area contributed by atoms with Gasteiger partial charge in [-0.2, -0.15) is 0 Å². The van der Waals surface area contributed by atoms with E-state index in [1.165, 1.54) is 51.4 Å². The summed E-state index contributed by atoms with van der Waals surface area (Å²) in [6.07, 6.45) is 15.2. The molecule has 4 aliphatic rings. The zero-order valence-electron chi connectivity index (χ0n) is 15.3. The fraction of sp³-hybridized carbons (Fsp3) is 0.762. The summed E-state index contributed by atoms with van der Waals surface area (Å²) in [6.45, 7) is 0.713. The lowest BCUT2D eigenvalue weighted by molar-refractivity contribution is -0.146. The van der Waals surface area contributed by atoms with Crippen LogP contribution in [0.5, 0.6) is 0 Å². The Morgan fingerprint density at radius 3 is 2.72 bits per heavy atom. The molecular formula is C21H32N2O2. The quantitative estimate of drug-likeness (QED) is 0.737. The Bertz CT molecular complexity index is 542. The Labute approximate surface area is 152 Å². The third kappa shape index (κ3) is 3.78. The smallest absolute Gasteiger partial charge is 0.316 e. The van der Waals surface area contributed by atoms with Gasteiger partial charge in [0.1, 0.15) is 0 Å². The molecule has 4 atom stereocenters. The highest BCUT2D eigenvalue weighted by Crippen LogP contribution is 2.40. The van der Waals surface area contributed by atoms with Crippen molar-refractivity contribution in [2.45, 2.75) is 76.7 Å². The summed E-state index contributed by atoms with van der Waals surface area (Å²) in [5.41, 5.74) is 1.13. The maximum absolute atomic E-state index is 12.8. The van der Waals surface area contributed by atoms with Crippen molar-refractivity contribution in [3.8, 4) is 0 Å². The van der Waals surface area contributed by atoms with E-state index in [-0.39, 0.29) is 25.3 Å². The van der Waals surface area contributed by atoms with Gasteiger partial charge in [0.25, 0.3) is 0 Å². The molecular weight excluding hydrogens is 312 g/mol. The van der Waals surface area contributed by atoms with E-state index in [9.17, 15) is 9.59 Å². The number of piperidine rings is 1. The highest BCUT2D eigenvalue weighted by Gasteiger charge is 2.37. The number of nitrogens with one attached hydrogen (secondary N) is 1. The van der Waals surface area contributed by atoms with Gasteiger partial charge in [0.2, 0.25) is 0 Å². The van der Waals surface area contributed by atoms with Crippen LogP contribution in [0.4, 0.5) is 0 Å². The van der Waals surface area contributed by atoms with E-state index in [0.717, 1.165) is 30.9 Å². The molecule has 1 heterocycles. The molecule has 138 valence electrons. The van der Waals surface area contributed by atoms with E-state index in [1.807, 2.05) is 0 Å². The van der Waals surface area contributed by atoms with E-state index < -0.39 is 0 Å². The normalized spacial score (nSPS) is 34.2.